The first kappa shape index (κ1) is 9.03. The van der Waals surface area contributed by atoms with Crippen LogP contribution in [0.2, 0.25) is 5.15 Å². The molecule has 2 heterocycles. The van der Waals surface area contributed by atoms with Crippen LogP contribution in [-0.4, -0.2) is 16.3 Å². The van der Waals surface area contributed by atoms with Gasteiger partial charge in [-0.25, -0.2) is 0 Å². The van der Waals surface area contributed by atoms with E-state index in [-0.39, 0.29) is 0 Å². The maximum Gasteiger partial charge on any atom is 0.131 e. The van der Waals surface area contributed by atoms with Crippen LogP contribution in [0.1, 0.15) is 30.1 Å². The highest BCUT2D eigenvalue weighted by atomic mass is 35.5. The topological polar surface area (TPSA) is 29.9 Å². The largest absolute Gasteiger partial charge is 0.310 e. The molecule has 72 valence electrons. The summed E-state index contributed by atoms with van der Waals surface area (Å²) >= 11 is 6.15. The van der Waals surface area contributed by atoms with Gasteiger partial charge in [0.25, 0.3) is 0 Å². The van der Waals surface area contributed by atoms with Crippen LogP contribution in [0, 0.1) is 6.92 Å². The lowest BCUT2D eigenvalue weighted by Crippen LogP contribution is -2.13. The molecule has 4 heteroatoms. The van der Waals surface area contributed by atoms with Gasteiger partial charge in [-0.3, -0.25) is 4.68 Å². The molecule has 0 unspecified atom stereocenters. The molecule has 0 radical (unpaired) electrons. The lowest BCUT2D eigenvalue weighted by molar-refractivity contribution is 0.643. The van der Waals surface area contributed by atoms with Gasteiger partial charge in [0.15, 0.2) is 0 Å². The van der Waals surface area contributed by atoms with Crippen molar-refractivity contribution < 1.29 is 0 Å². The molecular formula is C9H14ClN3. The van der Waals surface area contributed by atoms with Gasteiger partial charge in [0, 0.05) is 18.7 Å². The van der Waals surface area contributed by atoms with Gasteiger partial charge in [0.1, 0.15) is 5.15 Å². The highest BCUT2D eigenvalue weighted by molar-refractivity contribution is 6.30. The highest BCUT2D eigenvalue weighted by Crippen LogP contribution is 2.30. The predicted molar refractivity (Wildman–Crippen MR) is 52.9 cm³/mol. The summed E-state index contributed by atoms with van der Waals surface area (Å²) in [6.45, 7) is 3.11. The maximum absolute atomic E-state index is 6.15. The molecule has 1 aromatic rings. The average molecular weight is 200 g/mol. The van der Waals surface area contributed by atoms with E-state index in [9.17, 15) is 0 Å². The van der Waals surface area contributed by atoms with Gasteiger partial charge in [-0.2, -0.15) is 5.10 Å². The van der Waals surface area contributed by atoms with Crippen molar-refractivity contribution in [3.05, 3.63) is 16.4 Å². The van der Waals surface area contributed by atoms with Gasteiger partial charge in [-0.1, -0.05) is 11.6 Å². The minimum atomic E-state index is 0.418. The van der Waals surface area contributed by atoms with E-state index in [0.29, 0.717) is 6.04 Å². The van der Waals surface area contributed by atoms with E-state index in [4.69, 9.17) is 11.6 Å². The second-order valence-corrected chi connectivity index (χ2v) is 3.92. The molecule has 0 spiro atoms. The predicted octanol–water partition coefficient (Wildman–Crippen LogP) is 1.81. The molecule has 1 saturated heterocycles. The van der Waals surface area contributed by atoms with Crippen molar-refractivity contribution in [1.29, 1.82) is 0 Å². The lowest BCUT2D eigenvalue weighted by atomic mass is 10.1. The zero-order valence-electron chi connectivity index (χ0n) is 7.97. The van der Waals surface area contributed by atoms with Gasteiger partial charge >= 0.3 is 0 Å². The monoisotopic (exact) mass is 199 g/mol. The highest BCUT2D eigenvalue weighted by Gasteiger charge is 2.23. The van der Waals surface area contributed by atoms with Crippen LogP contribution in [0.15, 0.2) is 0 Å². The van der Waals surface area contributed by atoms with Crippen molar-refractivity contribution >= 4 is 11.6 Å². The Balaban J connectivity index is 2.37. The zero-order chi connectivity index (χ0) is 9.42. The first-order chi connectivity index (χ1) is 6.20. The van der Waals surface area contributed by atoms with Crippen molar-refractivity contribution in [2.45, 2.75) is 25.8 Å². The molecule has 1 aliphatic heterocycles. The Labute approximate surface area is 83.1 Å². The molecule has 13 heavy (non-hydrogen) atoms. The number of halogens is 1. The molecular weight excluding hydrogens is 186 g/mol. The van der Waals surface area contributed by atoms with Crippen LogP contribution in [0.5, 0.6) is 0 Å². The molecule has 0 saturated carbocycles. The third kappa shape index (κ3) is 1.46. The second-order valence-electron chi connectivity index (χ2n) is 3.56. The number of nitrogens with one attached hydrogen (secondary N) is 1. The fourth-order valence-electron chi connectivity index (χ4n) is 1.97. The number of rotatable bonds is 1. The molecule has 1 aliphatic rings. The summed E-state index contributed by atoms with van der Waals surface area (Å²) in [5.74, 6) is 0. The van der Waals surface area contributed by atoms with Crippen LogP contribution in [0.4, 0.5) is 0 Å². The van der Waals surface area contributed by atoms with Gasteiger partial charge < -0.3 is 5.32 Å². The molecule has 1 atom stereocenters. The summed E-state index contributed by atoms with van der Waals surface area (Å²) in [5.41, 5.74) is 2.23. The van der Waals surface area contributed by atoms with Crippen molar-refractivity contribution in [1.82, 2.24) is 15.1 Å². The Morgan fingerprint density at radius 1 is 1.62 bits per heavy atom. The standard InChI is InChI=1S/C9H14ClN3/c1-6-8(7-4-3-5-11-7)9(10)13(2)12-6/h7,11H,3-5H2,1-2H3/t7-/m0/s1. The fourth-order valence-corrected chi connectivity index (χ4v) is 2.28. The molecule has 1 aromatic heterocycles. The smallest absolute Gasteiger partial charge is 0.131 e. The van der Waals surface area contributed by atoms with Crippen molar-refractivity contribution in [2.24, 2.45) is 7.05 Å². The van der Waals surface area contributed by atoms with E-state index in [1.54, 1.807) is 4.68 Å². The van der Waals surface area contributed by atoms with Gasteiger partial charge in [-0.15, -0.1) is 0 Å². The van der Waals surface area contributed by atoms with Gasteiger partial charge in [0.05, 0.1) is 5.69 Å². The number of hydrogen-bond donors (Lipinski definition) is 1. The van der Waals surface area contributed by atoms with E-state index in [1.165, 1.54) is 18.4 Å². The maximum atomic E-state index is 6.15. The summed E-state index contributed by atoms with van der Waals surface area (Å²) in [7, 11) is 1.88. The third-order valence-electron chi connectivity index (χ3n) is 2.60. The van der Waals surface area contributed by atoms with Crippen LogP contribution in [-0.2, 0) is 7.05 Å². The Kier molecular flexibility index (Phi) is 2.30. The van der Waals surface area contributed by atoms with Crippen LogP contribution >= 0.6 is 11.6 Å². The number of hydrogen-bond acceptors (Lipinski definition) is 2. The summed E-state index contributed by atoms with van der Waals surface area (Å²) in [4.78, 5) is 0. The van der Waals surface area contributed by atoms with Crippen LogP contribution in [0.3, 0.4) is 0 Å². The number of aryl methyl sites for hydroxylation is 2. The van der Waals surface area contributed by atoms with E-state index in [1.807, 2.05) is 14.0 Å². The Morgan fingerprint density at radius 2 is 2.38 bits per heavy atom. The van der Waals surface area contributed by atoms with Crippen molar-refractivity contribution in [3.63, 3.8) is 0 Å². The third-order valence-corrected chi connectivity index (χ3v) is 3.05. The van der Waals surface area contributed by atoms with Gasteiger partial charge in [-0.05, 0) is 26.3 Å². The molecule has 2 rings (SSSR count). The summed E-state index contributed by atoms with van der Waals surface area (Å²) in [6, 6.07) is 0.418. The first-order valence-electron chi connectivity index (χ1n) is 4.62. The quantitative estimate of drug-likeness (QED) is 0.748. The minimum Gasteiger partial charge on any atom is -0.310 e. The summed E-state index contributed by atoms with van der Waals surface area (Å²) < 4.78 is 1.74. The van der Waals surface area contributed by atoms with E-state index in [2.05, 4.69) is 10.4 Å². The average Bonchev–Trinajstić information content (AvgIpc) is 2.63. The Bertz CT molecular complexity index is 313. The van der Waals surface area contributed by atoms with E-state index < -0.39 is 0 Å². The molecule has 0 aromatic carbocycles. The normalized spacial score (nSPS) is 22.5. The molecule has 1 fully saturated rings. The lowest BCUT2D eigenvalue weighted by Gasteiger charge is -2.09. The first-order valence-corrected chi connectivity index (χ1v) is 5.00. The number of aromatic nitrogens is 2. The Morgan fingerprint density at radius 3 is 2.85 bits per heavy atom. The van der Waals surface area contributed by atoms with Crippen molar-refractivity contribution in [3.8, 4) is 0 Å². The van der Waals surface area contributed by atoms with E-state index in [0.717, 1.165) is 17.4 Å². The number of nitrogens with zero attached hydrogens (tertiary/aromatic N) is 2. The zero-order valence-corrected chi connectivity index (χ0v) is 8.73. The molecule has 0 aliphatic carbocycles. The molecule has 1 N–H and O–H groups in total. The molecule has 0 amide bonds. The SMILES string of the molecule is Cc1nn(C)c(Cl)c1[C@@H]1CCCN1. The van der Waals surface area contributed by atoms with Crippen molar-refractivity contribution in [2.75, 3.05) is 6.54 Å². The minimum absolute atomic E-state index is 0.418. The van der Waals surface area contributed by atoms with E-state index >= 15 is 0 Å². The Hall–Kier alpha value is -0.540. The van der Waals surface area contributed by atoms with Gasteiger partial charge in [0.2, 0.25) is 0 Å². The molecule has 0 bridgehead atoms. The summed E-state index contributed by atoms with van der Waals surface area (Å²) in [5, 5.41) is 8.50. The fraction of sp³-hybridized carbons (Fsp3) is 0.667. The van der Waals surface area contributed by atoms with Crippen LogP contribution < -0.4 is 5.32 Å². The van der Waals surface area contributed by atoms with Crippen LogP contribution in [0.25, 0.3) is 0 Å². The molecule has 3 nitrogen and oxygen atoms in total. The second kappa shape index (κ2) is 3.31. The summed E-state index contributed by atoms with van der Waals surface area (Å²) in [6.07, 6.45) is 2.40.